The van der Waals surface area contributed by atoms with E-state index in [2.05, 4.69) is 6.07 Å². The molecule has 6 nitrogen and oxygen atoms in total. The molecule has 288 valence electrons. The van der Waals surface area contributed by atoms with E-state index < -0.39 is 19.1 Å². The predicted octanol–water partition coefficient (Wildman–Crippen LogP) is 14.2. The lowest BCUT2D eigenvalue weighted by molar-refractivity contribution is 0.618. The van der Waals surface area contributed by atoms with E-state index in [0.29, 0.717) is 67.9 Å². The van der Waals surface area contributed by atoms with Crippen molar-refractivity contribution in [1.82, 2.24) is 19.9 Å². The molecule has 0 fully saturated rings. The van der Waals surface area contributed by atoms with Crippen molar-refractivity contribution in [2.75, 3.05) is 0 Å². The van der Waals surface area contributed by atoms with Crippen LogP contribution in [-0.2, 0) is 5.41 Å². The van der Waals surface area contributed by atoms with Crippen LogP contribution >= 0.6 is 0 Å². The third-order valence-corrected chi connectivity index (χ3v) is 11.6. The zero-order chi connectivity index (χ0) is 45.7. The molecule has 0 aliphatic heterocycles. The van der Waals surface area contributed by atoms with Gasteiger partial charge in [0.05, 0.1) is 0 Å². The minimum atomic E-state index is -2.99. The van der Waals surface area contributed by atoms with Gasteiger partial charge in [-0.2, -0.15) is 0 Å². The van der Waals surface area contributed by atoms with Gasteiger partial charge in [-0.3, -0.25) is 0 Å². The molecular formula is C55H36N4O2. The number of aromatic nitrogens is 4. The minimum Gasteiger partial charge on any atom is -0.455 e. The summed E-state index contributed by atoms with van der Waals surface area (Å²) in [6, 6.07) is 57.7. The summed E-state index contributed by atoms with van der Waals surface area (Å²) in [4.78, 5) is 19.5. The molecule has 3 aromatic heterocycles. The topological polar surface area (TPSA) is 77.8 Å². The largest absolute Gasteiger partial charge is 0.455 e. The zero-order valence-corrected chi connectivity index (χ0v) is 32.4. The van der Waals surface area contributed by atoms with Gasteiger partial charge >= 0.3 is 0 Å². The molecule has 6 heteroatoms. The van der Waals surface area contributed by atoms with Crippen LogP contribution in [0.15, 0.2) is 191 Å². The van der Waals surface area contributed by atoms with Gasteiger partial charge in [0.25, 0.3) is 0 Å². The molecule has 12 rings (SSSR count). The van der Waals surface area contributed by atoms with E-state index in [-0.39, 0.29) is 11.1 Å². The molecule has 0 saturated heterocycles. The van der Waals surface area contributed by atoms with E-state index in [9.17, 15) is 0 Å². The van der Waals surface area contributed by atoms with E-state index >= 15 is 0 Å². The molecular weight excluding hydrogens is 749 g/mol. The Hall–Kier alpha value is -7.96. The molecule has 0 N–H and O–H groups in total. The van der Waals surface area contributed by atoms with Crippen LogP contribution in [0, 0.1) is 0 Å². The van der Waals surface area contributed by atoms with E-state index in [4.69, 9.17) is 37.0 Å². The van der Waals surface area contributed by atoms with Gasteiger partial charge in [-0.05, 0) is 58.1 Å². The van der Waals surface area contributed by atoms with Gasteiger partial charge in [-0.15, -0.1) is 0 Å². The van der Waals surface area contributed by atoms with E-state index in [1.165, 1.54) is 0 Å². The van der Waals surface area contributed by atoms with E-state index in [1.54, 1.807) is 24.3 Å². The number of benzene rings is 8. The highest BCUT2D eigenvalue weighted by molar-refractivity contribution is 6.13. The number of hydrogen-bond acceptors (Lipinski definition) is 6. The summed E-state index contributed by atoms with van der Waals surface area (Å²) in [5.74, 6) is 2.01. The lowest BCUT2D eigenvalue weighted by atomic mass is 9.81. The van der Waals surface area contributed by atoms with Gasteiger partial charge in [-0.25, -0.2) is 19.9 Å². The van der Waals surface area contributed by atoms with Gasteiger partial charge < -0.3 is 8.83 Å². The molecule has 0 amide bonds. The Morgan fingerprint density at radius 2 is 0.934 bits per heavy atom. The van der Waals surface area contributed by atoms with Crippen LogP contribution in [0.5, 0.6) is 0 Å². The number of rotatable bonds is 6. The Morgan fingerprint density at radius 1 is 0.393 bits per heavy atom. The highest BCUT2D eigenvalue weighted by atomic mass is 16.3. The standard InChI is InChI=1S/C55H36N4O2/c1-55(2)44-29-30-46-50(61-54(56-46)35-19-10-5-11-20-35)47(44)43-28-27-37(32-45(43)55)40-24-14-26-42-41-25-13-23-39(48(41)60-49(40)42)36-21-12-22-38(31-36)53-58-51(33-15-6-3-7-16-33)57-52(59-53)34-17-8-4-9-18-34/h3-32H,1-2H3/i1D3,2D3. The SMILES string of the molecule is [2H]C([2H])([2H])C1(C([2H])([2H])[2H])c2cc(-c3cccc4c3oc3c(-c5cccc(-c6nc(-c7ccccc7)nc(-c7ccccc7)n6)c5)cccc34)ccc2-c2c1ccc1nc(-c3ccccc3)oc21. The van der Waals surface area contributed by atoms with Gasteiger partial charge in [0, 0.05) is 63.4 Å². The fraction of sp³-hybridized carbons (Fsp3) is 0.0545. The summed E-state index contributed by atoms with van der Waals surface area (Å²) in [5.41, 5.74) is 7.20. The molecule has 1 aliphatic rings. The summed E-state index contributed by atoms with van der Waals surface area (Å²) >= 11 is 0. The number of fused-ring (bicyclic) bond motifs is 8. The fourth-order valence-corrected chi connectivity index (χ4v) is 8.70. The number of para-hydroxylation sites is 2. The summed E-state index contributed by atoms with van der Waals surface area (Å²) in [5, 5.41) is 1.73. The van der Waals surface area contributed by atoms with Gasteiger partial charge in [0.2, 0.25) is 5.89 Å². The first kappa shape index (κ1) is 29.3. The van der Waals surface area contributed by atoms with Gasteiger partial charge in [-0.1, -0.05) is 165 Å². The Bertz CT molecular complexity index is 3660. The van der Waals surface area contributed by atoms with Crippen molar-refractivity contribution in [2.45, 2.75) is 19.1 Å². The van der Waals surface area contributed by atoms with Crippen LogP contribution in [0.25, 0.3) is 112 Å². The maximum atomic E-state index is 8.99. The average molecular weight is 791 g/mol. The third-order valence-electron chi connectivity index (χ3n) is 11.6. The summed E-state index contributed by atoms with van der Waals surface area (Å²) in [6.07, 6.45) is 0. The lowest BCUT2D eigenvalue weighted by Gasteiger charge is -2.22. The zero-order valence-electron chi connectivity index (χ0n) is 38.4. The Balaban J connectivity index is 1.00. The normalized spacial score (nSPS) is 14.8. The molecule has 0 bridgehead atoms. The van der Waals surface area contributed by atoms with Crippen LogP contribution in [0.2, 0.25) is 0 Å². The summed E-state index contributed by atoms with van der Waals surface area (Å²) in [7, 11) is 0. The predicted molar refractivity (Wildman–Crippen MR) is 245 cm³/mol. The molecule has 0 saturated carbocycles. The van der Waals surface area contributed by atoms with Crippen molar-refractivity contribution >= 4 is 33.0 Å². The molecule has 0 unspecified atom stereocenters. The maximum absolute atomic E-state index is 8.99. The van der Waals surface area contributed by atoms with E-state index in [0.717, 1.165) is 44.2 Å². The van der Waals surface area contributed by atoms with Gasteiger partial charge in [0.15, 0.2) is 23.1 Å². The second-order valence-electron chi connectivity index (χ2n) is 15.3. The van der Waals surface area contributed by atoms with Crippen molar-refractivity contribution < 1.29 is 17.1 Å². The second kappa shape index (κ2) is 13.5. The number of oxazole rings is 1. The molecule has 61 heavy (non-hydrogen) atoms. The lowest BCUT2D eigenvalue weighted by Crippen LogP contribution is -2.14. The monoisotopic (exact) mass is 790 g/mol. The highest BCUT2D eigenvalue weighted by Gasteiger charge is 2.38. The van der Waals surface area contributed by atoms with Crippen LogP contribution in [0.3, 0.4) is 0 Å². The first-order valence-corrected chi connectivity index (χ1v) is 20.0. The Morgan fingerprint density at radius 3 is 1.56 bits per heavy atom. The maximum Gasteiger partial charge on any atom is 0.227 e. The van der Waals surface area contributed by atoms with E-state index in [1.807, 2.05) is 152 Å². The first-order chi connectivity index (χ1) is 32.5. The number of hydrogen-bond donors (Lipinski definition) is 0. The third kappa shape index (κ3) is 5.64. The minimum absolute atomic E-state index is 0.154. The van der Waals surface area contributed by atoms with Gasteiger partial charge in [0.1, 0.15) is 16.7 Å². The fourth-order valence-electron chi connectivity index (χ4n) is 8.70. The van der Waals surface area contributed by atoms with Crippen molar-refractivity contribution in [2.24, 2.45) is 0 Å². The average Bonchev–Trinajstić information content (AvgIpc) is 4.05. The molecule has 11 aromatic rings. The molecule has 3 heterocycles. The number of furan rings is 1. The smallest absolute Gasteiger partial charge is 0.227 e. The first-order valence-electron chi connectivity index (χ1n) is 23.0. The van der Waals surface area contributed by atoms with Crippen LogP contribution in [0.4, 0.5) is 0 Å². The molecule has 1 aliphatic carbocycles. The highest BCUT2D eigenvalue weighted by Crippen LogP contribution is 2.53. The quantitative estimate of drug-likeness (QED) is 0.167. The summed E-state index contributed by atoms with van der Waals surface area (Å²) in [6.45, 7) is -5.98. The second-order valence-corrected chi connectivity index (χ2v) is 15.3. The van der Waals surface area contributed by atoms with Crippen molar-refractivity contribution in [3.8, 4) is 79.0 Å². The molecule has 0 radical (unpaired) electrons. The van der Waals surface area contributed by atoms with Crippen molar-refractivity contribution in [1.29, 1.82) is 0 Å². The Kier molecular flexibility index (Phi) is 6.50. The van der Waals surface area contributed by atoms with Crippen LogP contribution in [0.1, 0.15) is 33.1 Å². The van der Waals surface area contributed by atoms with Crippen LogP contribution in [-0.4, -0.2) is 19.9 Å². The number of nitrogens with zero attached hydrogens (tertiary/aromatic N) is 4. The molecule has 0 spiro atoms. The summed E-state index contributed by atoms with van der Waals surface area (Å²) < 4.78 is 67.3. The molecule has 0 atom stereocenters. The molecule has 8 aromatic carbocycles. The van der Waals surface area contributed by atoms with Crippen molar-refractivity contribution in [3.05, 3.63) is 193 Å². The Labute approximate surface area is 360 Å². The van der Waals surface area contributed by atoms with Crippen molar-refractivity contribution in [3.63, 3.8) is 0 Å². The van der Waals surface area contributed by atoms with Crippen LogP contribution < -0.4 is 0 Å².